The van der Waals surface area contributed by atoms with Crippen molar-refractivity contribution < 1.29 is 0 Å². The maximum atomic E-state index is 4.25. The van der Waals surface area contributed by atoms with Crippen molar-refractivity contribution in [2.24, 2.45) is 0 Å². The highest BCUT2D eigenvalue weighted by atomic mass is 32.2. The molecular formula is C11H13NS. The van der Waals surface area contributed by atoms with Crippen LogP contribution < -0.4 is 0 Å². The number of pyridine rings is 1. The van der Waals surface area contributed by atoms with E-state index in [4.69, 9.17) is 0 Å². The molecule has 1 fully saturated rings. The topological polar surface area (TPSA) is 12.9 Å². The molecule has 0 saturated heterocycles. The molecule has 1 aliphatic rings. The van der Waals surface area contributed by atoms with E-state index in [1.165, 1.54) is 19.3 Å². The van der Waals surface area contributed by atoms with Crippen LogP contribution in [0.4, 0.5) is 0 Å². The van der Waals surface area contributed by atoms with Gasteiger partial charge in [-0.3, -0.25) is 0 Å². The highest BCUT2D eigenvalue weighted by molar-refractivity contribution is 7.99. The number of thioether (sulfide) groups is 1. The lowest BCUT2D eigenvalue weighted by Gasteiger charge is -2.15. The number of hydrogen-bond acceptors (Lipinski definition) is 2. The number of aromatic nitrogens is 1. The molecule has 0 bridgehead atoms. The molecule has 1 heterocycles. The molecular weight excluding hydrogens is 178 g/mol. The van der Waals surface area contributed by atoms with Gasteiger partial charge in [0.2, 0.25) is 0 Å². The van der Waals surface area contributed by atoms with Crippen LogP contribution in [-0.4, -0.2) is 10.7 Å². The molecule has 0 spiro atoms. The maximum absolute atomic E-state index is 4.25. The zero-order valence-electron chi connectivity index (χ0n) is 7.57. The molecule has 2 rings (SSSR count). The van der Waals surface area contributed by atoms with Gasteiger partial charge in [-0.05, 0) is 31.4 Å². The lowest BCUT2D eigenvalue weighted by atomic mass is 9.93. The summed E-state index contributed by atoms with van der Waals surface area (Å²) in [6, 6.07) is 6.05. The molecule has 0 unspecified atom stereocenters. The minimum absolute atomic E-state index is 1.08. The van der Waals surface area contributed by atoms with Gasteiger partial charge in [-0.15, -0.1) is 11.8 Å². The molecule has 1 aromatic rings. The van der Waals surface area contributed by atoms with Gasteiger partial charge in [-0.2, -0.15) is 0 Å². The van der Waals surface area contributed by atoms with Crippen molar-refractivity contribution in [3.8, 4) is 0 Å². The van der Waals surface area contributed by atoms with Crippen LogP contribution in [0.3, 0.4) is 0 Å². The molecule has 0 aromatic carbocycles. The Morgan fingerprint density at radius 1 is 1.38 bits per heavy atom. The Balaban J connectivity index is 1.79. The van der Waals surface area contributed by atoms with Crippen molar-refractivity contribution >= 4 is 11.8 Å². The van der Waals surface area contributed by atoms with Gasteiger partial charge in [-0.25, -0.2) is 4.98 Å². The first-order valence-electron chi connectivity index (χ1n) is 4.67. The van der Waals surface area contributed by atoms with Crippen LogP contribution in [-0.2, 0) is 0 Å². The zero-order valence-corrected chi connectivity index (χ0v) is 8.39. The van der Waals surface area contributed by atoms with Gasteiger partial charge in [0.15, 0.2) is 0 Å². The Bertz CT molecular complexity index is 286. The average Bonchev–Trinajstić information content (AvgIpc) is 2.11. The maximum Gasteiger partial charge on any atom is 0.0962 e. The van der Waals surface area contributed by atoms with Gasteiger partial charge >= 0.3 is 0 Å². The van der Waals surface area contributed by atoms with Crippen LogP contribution in [0, 0.1) is 0 Å². The summed E-state index contributed by atoms with van der Waals surface area (Å²) in [5, 5.41) is 1.12. The molecule has 0 amide bonds. The lowest BCUT2D eigenvalue weighted by Crippen LogP contribution is -1.96. The third kappa shape index (κ3) is 2.59. The molecule has 0 N–H and O–H groups in total. The molecule has 1 nitrogen and oxygen atoms in total. The third-order valence-electron chi connectivity index (χ3n) is 2.24. The predicted octanol–water partition coefficient (Wildman–Crippen LogP) is 3.28. The van der Waals surface area contributed by atoms with Gasteiger partial charge in [0, 0.05) is 11.9 Å². The summed E-state index contributed by atoms with van der Waals surface area (Å²) < 4.78 is 0. The van der Waals surface area contributed by atoms with E-state index >= 15 is 0 Å². The molecule has 0 aliphatic heterocycles. The van der Waals surface area contributed by atoms with Crippen molar-refractivity contribution in [3.05, 3.63) is 36.0 Å². The first-order valence-corrected chi connectivity index (χ1v) is 5.65. The Morgan fingerprint density at radius 3 is 2.92 bits per heavy atom. The summed E-state index contributed by atoms with van der Waals surface area (Å²) in [4.78, 5) is 4.25. The van der Waals surface area contributed by atoms with Crippen LogP contribution in [0.15, 0.2) is 41.1 Å². The molecule has 1 saturated carbocycles. The second kappa shape index (κ2) is 4.47. The molecule has 13 heavy (non-hydrogen) atoms. The standard InChI is InChI=1S/C11H13NS/c1-2-8-12-11(6-1)13-9-7-10-4-3-5-10/h1-2,6-8H,3-5,9H2. The summed E-state index contributed by atoms with van der Waals surface area (Å²) in [6.45, 7) is 0. The molecule has 2 heteroatoms. The molecule has 0 atom stereocenters. The van der Waals surface area contributed by atoms with Gasteiger partial charge < -0.3 is 0 Å². The van der Waals surface area contributed by atoms with E-state index in [2.05, 4.69) is 17.1 Å². The normalized spacial score (nSPS) is 15.2. The first kappa shape index (κ1) is 8.82. The summed E-state index contributed by atoms with van der Waals surface area (Å²) in [7, 11) is 0. The highest BCUT2D eigenvalue weighted by Crippen LogP contribution is 2.26. The molecule has 1 aliphatic carbocycles. The van der Waals surface area contributed by atoms with Crippen LogP contribution in [0.2, 0.25) is 0 Å². The van der Waals surface area contributed by atoms with E-state index in [-0.39, 0.29) is 0 Å². The van der Waals surface area contributed by atoms with E-state index in [0.717, 1.165) is 10.8 Å². The Hall–Kier alpha value is -0.760. The summed E-state index contributed by atoms with van der Waals surface area (Å²) in [5.74, 6) is 1.08. The van der Waals surface area contributed by atoms with Gasteiger partial charge in [-0.1, -0.05) is 17.7 Å². The van der Waals surface area contributed by atoms with Gasteiger partial charge in [0.05, 0.1) is 5.03 Å². The second-order valence-corrected chi connectivity index (χ2v) is 4.24. The molecule has 1 aromatic heterocycles. The smallest absolute Gasteiger partial charge is 0.0962 e. The van der Waals surface area contributed by atoms with Gasteiger partial charge in [0.25, 0.3) is 0 Å². The van der Waals surface area contributed by atoms with E-state index in [9.17, 15) is 0 Å². The van der Waals surface area contributed by atoms with E-state index in [1.54, 1.807) is 5.57 Å². The summed E-state index contributed by atoms with van der Waals surface area (Å²) in [5.41, 5.74) is 1.63. The van der Waals surface area contributed by atoms with Crippen LogP contribution in [0.25, 0.3) is 0 Å². The highest BCUT2D eigenvalue weighted by Gasteiger charge is 2.06. The van der Waals surface area contributed by atoms with E-state index < -0.39 is 0 Å². The largest absolute Gasteiger partial charge is 0.250 e. The first-order chi connectivity index (χ1) is 6.45. The fourth-order valence-corrected chi connectivity index (χ4v) is 2.06. The van der Waals surface area contributed by atoms with E-state index in [0.29, 0.717) is 0 Å². The monoisotopic (exact) mass is 191 g/mol. The SMILES string of the molecule is C(CSc1ccccn1)=C1CCC1. The molecule has 0 radical (unpaired) electrons. The lowest BCUT2D eigenvalue weighted by molar-refractivity contribution is 0.661. The van der Waals surface area contributed by atoms with Crippen LogP contribution in [0.1, 0.15) is 19.3 Å². The third-order valence-corrected chi connectivity index (χ3v) is 3.11. The average molecular weight is 191 g/mol. The summed E-state index contributed by atoms with van der Waals surface area (Å²) >= 11 is 1.81. The minimum atomic E-state index is 1.08. The number of allylic oxidation sites excluding steroid dienone is 1. The molecule has 68 valence electrons. The fraction of sp³-hybridized carbons (Fsp3) is 0.364. The Morgan fingerprint density at radius 2 is 2.31 bits per heavy atom. The van der Waals surface area contributed by atoms with Crippen molar-refractivity contribution in [2.45, 2.75) is 24.3 Å². The van der Waals surface area contributed by atoms with Crippen molar-refractivity contribution in [2.75, 3.05) is 5.75 Å². The fourth-order valence-electron chi connectivity index (χ4n) is 1.26. The number of nitrogens with zero attached hydrogens (tertiary/aromatic N) is 1. The number of rotatable bonds is 3. The number of hydrogen-bond donors (Lipinski definition) is 0. The Labute approximate surface area is 83.3 Å². The Kier molecular flexibility index (Phi) is 3.03. The second-order valence-electron chi connectivity index (χ2n) is 3.19. The van der Waals surface area contributed by atoms with Crippen LogP contribution in [0.5, 0.6) is 0 Å². The zero-order chi connectivity index (χ0) is 8.93. The van der Waals surface area contributed by atoms with Crippen molar-refractivity contribution in [3.63, 3.8) is 0 Å². The quantitative estimate of drug-likeness (QED) is 0.537. The van der Waals surface area contributed by atoms with Crippen LogP contribution >= 0.6 is 11.8 Å². The van der Waals surface area contributed by atoms with E-state index in [1.807, 2.05) is 30.1 Å². The van der Waals surface area contributed by atoms with Gasteiger partial charge in [0.1, 0.15) is 0 Å². The van der Waals surface area contributed by atoms with Crippen molar-refractivity contribution in [1.29, 1.82) is 0 Å². The predicted molar refractivity (Wildman–Crippen MR) is 56.9 cm³/mol. The van der Waals surface area contributed by atoms with Crippen molar-refractivity contribution in [1.82, 2.24) is 4.98 Å². The minimum Gasteiger partial charge on any atom is -0.250 e. The summed E-state index contributed by atoms with van der Waals surface area (Å²) in [6.07, 6.45) is 8.23.